The summed E-state index contributed by atoms with van der Waals surface area (Å²) >= 11 is 0. The van der Waals surface area contributed by atoms with Gasteiger partial charge in [0.2, 0.25) is 5.91 Å². The molecule has 0 atom stereocenters. The smallest absolute Gasteiger partial charge is 0.291 e. The zero-order valence-corrected chi connectivity index (χ0v) is 14.3. The maximum absolute atomic E-state index is 12.7. The van der Waals surface area contributed by atoms with Crippen molar-refractivity contribution in [1.29, 1.82) is 0 Å². The Balaban J connectivity index is 1.55. The second kappa shape index (κ2) is 6.35. The Hall–Kier alpha value is -2.63. The molecule has 25 heavy (non-hydrogen) atoms. The van der Waals surface area contributed by atoms with E-state index >= 15 is 0 Å². The maximum atomic E-state index is 12.7. The van der Waals surface area contributed by atoms with E-state index in [-0.39, 0.29) is 24.1 Å². The lowest BCUT2D eigenvalue weighted by Crippen LogP contribution is -2.41. The molecular weight excluding hydrogens is 316 g/mol. The molecule has 2 N–H and O–H groups in total. The minimum atomic E-state index is -0.263. The fraction of sp³-hybridized carbons (Fsp3) is 0.421. The number of amides is 1. The van der Waals surface area contributed by atoms with Crippen molar-refractivity contribution in [2.75, 3.05) is 0 Å². The molecular formula is C19H22N4O2. The van der Waals surface area contributed by atoms with Gasteiger partial charge in [-0.15, -0.1) is 0 Å². The van der Waals surface area contributed by atoms with Crippen LogP contribution in [0.15, 0.2) is 35.3 Å². The van der Waals surface area contributed by atoms with Gasteiger partial charge in [0.1, 0.15) is 12.1 Å². The molecule has 0 radical (unpaired) electrons. The van der Waals surface area contributed by atoms with Crippen molar-refractivity contribution >= 4 is 27.7 Å². The number of benzene rings is 1. The number of aromatic nitrogens is 3. The fourth-order valence-electron chi connectivity index (χ4n) is 3.70. The molecule has 1 aliphatic rings. The zero-order valence-electron chi connectivity index (χ0n) is 14.3. The fourth-order valence-corrected chi connectivity index (χ4v) is 3.70. The summed E-state index contributed by atoms with van der Waals surface area (Å²) in [5.74, 6) is 0.589. The first-order chi connectivity index (χ1) is 12.1. The first-order valence-electron chi connectivity index (χ1n) is 8.87. The van der Waals surface area contributed by atoms with E-state index in [2.05, 4.69) is 22.3 Å². The largest absolute Gasteiger partial charge is 0.352 e. The molecule has 2 aromatic heterocycles. The van der Waals surface area contributed by atoms with Crippen LogP contribution < -0.4 is 10.9 Å². The van der Waals surface area contributed by atoms with Gasteiger partial charge >= 0.3 is 0 Å². The number of rotatable bonds is 3. The Kier molecular flexibility index (Phi) is 4.03. The number of nitrogens with zero attached hydrogens (tertiary/aromatic N) is 2. The third kappa shape index (κ3) is 3.04. The van der Waals surface area contributed by atoms with Crippen LogP contribution >= 0.6 is 0 Å². The lowest BCUT2D eigenvalue weighted by molar-refractivity contribution is -0.122. The van der Waals surface area contributed by atoms with Gasteiger partial charge in [0.15, 0.2) is 0 Å². The number of para-hydroxylation sites is 1. The predicted molar refractivity (Wildman–Crippen MR) is 97.4 cm³/mol. The lowest BCUT2D eigenvalue weighted by Gasteiger charge is -2.26. The van der Waals surface area contributed by atoms with E-state index in [9.17, 15) is 9.59 Å². The average molecular weight is 338 g/mol. The van der Waals surface area contributed by atoms with E-state index in [1.165, 1.54) is 4.68 Å². The Labute approximate surface area is 145 Å². The number of hydrogen-bond acceptors (Lipinski definition) is 3. The molecule has 1 aromatic carbocycles. The Bertz CT molecular complexity index is 980. The SMILES string of the molecule is CC1CCC(NC(=O)Cn2ncc3c([nH]c4ccccc43)c2=O)CC1. The van der Waals surface area contributed by atoms with Crippen molar-refractivity contribution in [2.45, 2.75) is 45.2 Å². The monoisotopic (exact) mass is 338 g/mol. The molecule has 1 fully saturated rings. The topological polar surface area (TPSA) is 79.8 Å². The van der Waals surface area contributed by atoms with E-state index in [4.69, 9.17) is 0 Å². The highest BCUT2D eigenvalue weighted by Gasteiger charge is 2.20. The molecule has 0 spiro atoms. The highest BCUT2D eigenvalue weighted by molar-refractivity contribution is 6.06. The van der Waals surface area contributed by atoms with E-state index < -0.39 is 0 Å². The van der Waals surface area contributed by atoms with Gasteiger partial charge in [0.05, 0.1) is 6.20 Å². The first-order valence-corrected chi connectivity index (χ1v) is 8.87. The van der Waals surface area contributed by atoms with E-state index in [0.717, 1.165) is 47.9 Å². The molecule has 2 heterocycles. The molecule has 6 heteroatoms. The van der Waals surface area contributed by atoms with Crippen molar-refractivity contribution in [3.05, 3.63) is 40.8 Å². The molecule has 130 valence electrons. The first kappa shape index (κ1) is 15.9. The van der Waals surface area contributed by atoms with E-state index in [1.807, 2.05) is 24.3 Å². The highest BCUT2D eigenvalue weighted by Crippen LogP contribution is 2.23. The van der Waals surface area contributed by atoms with Crippen LogP contribution in [0.4, 0.5) is 0 Å². The second-order valence-electron chi connectivity index (χ2n) is 7.09. The number of nitrogens with one attached hydrogen (secondary N) is 2. The van der Waals surface area contributed by atoms with Gasteiger partial charge in [-0.3, -0.25) is 9.59 Å². The Morgan fingerprint density at radius 3 is 2.80 bits per heavy atom. The summed E-state index contributed by atoms with van der Waals surface area (Å²) in [6.45, 7) is 2.20. The number of fused-ring (bicyclic) bond motifs is 3. The van der Waals surface area contributed by atoms with Gasteiger partial charge in [-0.05, 0) is 37.7 Å². The molecule has 0 saturated heterocycles. The summed E-state index contributed by atoms with van der Waals surface area (Å²) in [6.07, 6.45) is 5.96. The van der Waals surface area contributed by atoms with Crippen LogP contribution in [0.3, 0.4) is 0 Å². The van der Waals surface area contributed by atoms with Crippen molar-refractivity contribution in [2.24, 2.45) is 5.92 Å². The van der Waals surface area contributed by atoms with Crippen LogP contribution in [-0.4, -0.2) is 26.7 Å². The number of carbonyl (C=O) groups is 1. The number of carbonyl (C=O) groups excluding carboxylic acids is 1. The number of H-pyrrole nitrogens is 1. The highest BCUT2D eigenvalue weighted by atomic mass is 16.2. The average Bonchev–Trinajstić information content (AvgIpc) is 2.99. The molecule has 0 unspecified atom stereocenters. The molecule has 0 aliphatic heterocycles. The van der Waals surface area contributed by atoms with Crippen LogP contribution in [0.25, 0.3) is 21.8 Å². The minimum absolute atomic E-state index is 0.0454. The maximum Gasteiger partial charge on any atom is 0.291 e. The van der Waals surface area contributed by atoms with Gasteiger partial charge in [0.25, 0.3) is 5.56 Å². The van der Waals surface area contributed by atoms with Crippen LogP contribution in [-0.2, 0) is 11.3 Å². The Morgan fingerprint density at radius 1 is 1.24 bits per heavy atom. The standard InChI is InChI=1S/C19H22N4O2/c1-12-6-8-13(9-7-12)21-17(24)11-23-19(25)18-15(10-20-23)14-4-2-3-5-16(14)22-18/h2-5,10,12-13,22H,6-9,11H2,1H3,(H,21,24). The molecule has 4 rings (SSSR count). The molecule has 1 saturated carbocycles. The van der Waals surface area contributed by atoms with Gasteiger partial charge in [0, 0.05) is 22.3 Å². The number of aromatic amines is 1. The van der Waals surface area contributed by atoms with Crippen LogP contribution in [0.5, 0.6) is 0 Å². The lowest BCUT2D eigenvalue weighted by atomic mass is 9.87. The third-order valence-corrected chi connectivity index (χ3v) is 5.20. The van der Waals surface area contributed by atoms with Crippen LogP contribution in [0.2, 0.25) is 0 Å². The van der Waals surface area contributed by atoms with Crippen molar-refractivity contribution in [3.63, 3.8) is 0 Å². The van der Waals surface area contributed by atoms with Crippen molar-refractivity contribution in [1.82, 2.24) is 20.1 Å². The van der Waals surface area contributed by atoms with E-state index in [1.54, 1.807) is 6.20 Å². The summed E-state index contributed by atoms with van der Waals surface area (Å²) < 4.78 is 1.23. The van der Waals surface area contributed by atoms with Crippen LogP contribution in [0, 0.1) is 5.92 Å². The quantitative estimate of drug-likeness (QED) is 0.770. The molecule has 6 nitrogen and oxygen atoms in total. The van der Waals surface area contributed by atoms with E-state index in [0.29, 0.717) is 5.52 Å². The van der Waals surface area contributed by atoms with Crippen molar-refractivity contribution < 1.29 is 4.79 Å². The Morgan fingerprint density at radius 2 is 2.00 bits per heavy atom. The number of hydrogen-bond donors (Lipinski definition) is 2. The van der Waals surface area contributed by atoms with Gasteiger partial charge in [-0.1, -0.05) is 25.1 Å². The summed E-state index contributed by atoms with van der Waals surface area (Å²) in [4.78, 5) is 28.1. The zero-order chi connectivity index (χ0) is 17.4. The van der Waals surface area contributed by atoms with Gasteiger partial charge in [-0.25, -0.2) is 4.68 Å². The third-order valence-electron chi connectivity index (χ3n) is 5.20. The van der Waals surface area contributed by atoms with Crippen molar-refractivity contribution in [3.8, 4) is 0 Å². The molecule has 0 bridgehead atoms. The minimum Gasteiger partial charge on any atom is -0.352 e. The summed E-state index contributed by atoms with van der Waals surface area (Å²) in [7, 11) is 0. The normalized spacial score (nSPS) is 20.8. The second-order valence-corrected chi connectivity index (χ2v) is 7.09. The van der Waals surface area contributed by atoms with Gasteiger partial charge in [-0.2, -0.15) is 5.10 Å². The summed E-state index contributed by atoms with van der Waals surface area (Å²) in [5, 5.41) is 9.00. The van der Waals surface area contributed by atoms with Crippen LogP contribution in [0.1, 0.15) is 32.6 Å². The predicted octanol–water partition coefficient (Wildman–Crippen LogP) is 2.57. The molecule has 1 amide bonds. The summed E-state index contributed by atoms with van der Waals surface area (Å²) in [5.41, 5.74) is 1.13. The molecule has 1 aliphatic carbocycles. The van der Waals surface area contributed by atoms with Gasteiger partial charge < -0.3 is 10.3 Å². The molecule has 3 aromatic rings. The summed E-state index contributed by atoms with van der Waals surface area (Å²) in [6, 6.07) is 7.95.